The number of nitrogens with one attached hydrogen (secondary N) is 1. The Bertz CT molecular complexity index is 180. The number of hydrogen-bond acceptors (Lipinski definition) is 2. The smallest absolute Gasteiger partial charge is 0.239 e. The molecule has 0 aromatic carbocycles. The lowest BCUT2D eigenvalue weighted by Crippen LogP contribution is -2.55. The van der Waals surface area contributed by atoms with E-state index in [2.05, 4.69) is 19.2 Å². The molecule has 0 aromatic heterocycles. The number of amides is 1. The van der Waals surface area contributed by atoms with Crippen molar-refractivity contribution in [2.24, 2.45) is 5.92 Å². The highest BCUT2D eigenvalue weighted by molar-refractivity contribution is 5.82. The van der Waals surface area contributed by atoms with Crippen LogP contribution in [-0.2, 0) is 4.79 Å². The first-order chi connectivity index (χ1) is 6.15. The lowest BCUT2D eigenvalue weighted by Gasteiger charge is -2.33. The number of piperazine rings is 1. The van der Waals surface area contributed by atoms with Crippen LogP contribution in [0.3, 0.4) is 0 Å². The first-order valence-electron chi connectivity index (χ1n) is 5.17. The van der Waals surface area contributed by atoms with Gasteiger partial charge in [-0.25, -0.2) is 0 Å². The molecule has 0 saturated carbocycles. The quantitative estimate of drug-likeness (QED) is 0.705. The number of carbonyl (C=O) groups excluding carboxylic acids is 1. The lowest BCUT2D eigenvalue weighted by molar-refractivity contribution is -0.135. The average Bonchev–Trinajstić information content (AvgIpc) is 2.08. The van der Waals surface area contributed by atoms with Gasteiger partial charge in [-0.05, 0) is 19.3 Å². The second-order valence-corrected chi connectivity index (χ2v) is 4.05. The van der Waals surface area contributed by atoms with Gasteiger partial charge in [-0.15, -0.1) is 0 Å². The SMILES string of the molecule is CCN1CCNC(CC(C)C)C1=O. The topological polar surface area (TPSA) is 32.3 Å². The second-order valence-electron chi connectivity index (χ2n) is 4.05. The van der Waals surface area contributed by atoms with Crippen LogP contribution in [0.15, 0.2) is 0 Å². The van der Waals surface area contributed by atoms with Crippen molar-refractivity contribution in [2.45, 2.75) is 33.2 Å². The van der Waals surface area contributed by atoms with Crippen molar-refractivity contribution in [1.82, 2.24) is 10.2 Å². The standard InChI is InChI=1S/C10H20N2O/c1-4-12-6-5-11-9(10(12)13)7-8(2)3/h8-9,11H,4-7H2,1-3H3. The largest absolute Gasteiger partial charge is 0.340 e. The summed E-state index contributed by atoms with van der Waals surface area (Å²) in [7, 11) is 0. The highest BCUT2D eigenvalue weighted by Crippen LogP contribution is 2.10. The molecule has 0 spiro atoms. The molecule has 1 N–H and O–H groups in total. The molecule has 0 bridgehead atoms. The number of nitrogens with zero attached hydrogens (tertiary/aromatic N) is 1. The Morgan fingerprint density at radius 3 is 2.85 bits per heavy atom. The van der Waals surface area contributed by atoms with E-state index in [9.17, 15) is 4.79 Å². The molecule has 3 nitrogen and oxygen atoms in total. The first kappa shape index (κ1) is 10.5. The van der Waals surface area contributed by atoms with E-state index in [0.717, 1.165) is 26.1 Å². The van der Waals surface area contributed by atoms with E-state index in [0.29, 0.717) is 5.92 Å². The van der Waals surface area contributed by atoms with Gasteiger partial charge in [0.2, 0.25) is 5.91 Å². The molecular weight excluding hydrogens is 164 g/mol. The molecule has 1 aliphatic rings. The van der Waals surface area contributed by atoms with E-state index in [1.807, 2.05) is 11.8 Å². The number of rotatable bonds is 3. The fourth-order valence-electron chi connectivity index (χ4n) is 1.76. The predicted molar refractivity (Wildman–Crippen MR) is 53.5 cm³/mol. The molecule has 1 atom stereocenters. The van der Waals surface area contributed by atoms with Gasteiger partial charge in [0.05, 0.1) is 6.04 Å². The zero-order valence-corrected chi connectivity index (χ0v) is 8.84. The first-order valence-corrected chi connectivity index (χ1v) is 5.17. The molecular formula is C10H20N2O. The third-order valence-electron chi connectivity index (χ3n) is 2.47. The van der Waals surface area contributed by atoms with Crippen LogP contribution in [0.2, 0.25) is 0 Å². The molecule has 1 fully saturated rings. The summed E-state index contributed by atoms with van der Waals surface area (Å²) < 4.78 is 0. The van der Waals surface area contributed by atoms with Crippen molar-refractivity contribution in [1.29, 1.82) is 0 Å². The third-order valence-corrected chi connectivity index (χ3v) is 2.47. The van der Waals surface area contributed by atoms with E-state index < -0.39 is 0 Å². The predicted octanol–water partition coefficient (Wildman–Crippen LogP) is 0.853. The van der Waals surface area contributed by atoms with Crippen LogP contribution >= 0.6 is 0 Å². The zero-order chi connectivity index (χ0) is 9.84. The number of carbonyl (C=O) groups is 1. The van der Waals surface area contributed by atoms with Crippen LogP contribution < -0.4 is 5.32 Å². The maximum Gasteiger partial charge on any atom is 0.239 e. The van der Waals surface area contributed by atoms with Crippen molar-refractivity contribution in [3.8, 4) is 0 Å². The van der Waals surface area contributed by atoms with Gasteiger partial charge < -0.3 is 10.2 Å². The summed E-state index contributed by atoms with van der Waals surface area (Å²) in [6, 6.07) is 0.0636. The van der Waals surface area contributed by atoms with Gasteiger partial charge in [0.1, 0.15) is 0 Å². The molecule has 1 heterocycles. The molecule has 76 valence electrons. The molecule has 0 aromatic rings. The van der Waals surface area contributed by atoms with Gasteiger partial charge in [-0.3, -0.25) is 4.79 Å². The maximum absolute atomic E-state index is 11.8. The van der Waals surface area contributed by atoms with E-state index >= 15 is 0 Å². The van der Waals surface area contributed by atoms with Crippen LogP contribution in [0.1, 0.15) is 27.2 Å². The Morgan fingerprint density at radius 2 is 2.31 bits per heavy atom. The minimum Gasteiger partial charge on any atom is -0.340 e. The summed E-state index contributed by atoms with van der Waals surface area (Å²) in [6.45, 7) is 8.99. The molecule has 1 aliphatic heterocycles. The highest BCUT2D eigenvalue weighted by atomic mass is 16.2. The van der Waals surface area contributed by atoms with E-state index in [4.69, 9.17) is 0 Å². The summed E-state index contributed by atoms with van der Waals surface area (Å²) in [5.41, 5.74) is 0. The normalized spacial score (nSPS) is 24.2. The van der Waals surface area contributed by atoms with Crippen LogP contribution in [0.4, 0.5) is 0 Å². The zero-order valence-electron chi connectivity index (χ0n) is 8.84. The lowest BCUT2D eigenvalue weighted by atomic mass is 10.0. The van der Waals surface area contributed by atoms with Gasteiger partial charge in [0.25, 0.3) is 0 Å². The van der Waals surface area contributed by atoms with Crippen molar-refractivity contribution in [3.63, 3.8) is 0 Å². The van der Waals surface area contributed by atoms with Gasteiger partial charge in [-0.2, -0.15) is 0 Å². The molecule has 13 heavy (non-hydrogen) atoms. The van der Waals surface area contributed by atoms with Crippen LogP contribution in [0, 0.1) is 5.92 Å². The molecule has 3 heteroatoms. The number of likely N-dealkylation sites (N-methyl/N-ethyl adjacent to an activating group) is 1. The van der Waals surface area contributed by atoms with E-state index in [1.165, 1.54) is 0 Å². The molecule has 0 aliphatic carbocycles. The molecule has 1 saturated heterocycles. The summed E-state index contributed by atoms with van der Waals surface area (Å²) in [5, 5.41) is 3.27. The second kappa shape index (κ2) is 4.61. The Morgan fingerprint density at radius 1 is 1.62 bits per heavy atom. The van der Waals surface area contributed by atoms with Crippen molar-refractivity contribution in [2.75, 3.05) is 19.6 Å². The average molecular weight is 184 g/mol. The van der Waals surface area contributed by atoms with Crippen LogP contribution in [-0.4, -0.2) is 36.5 Å². The fourth-order valence-corrected chi connectivity index (χ4v) is 1.76. The molecule has 1 unspecified atom stereocenters. The van der Waals surface area contributed by atoms with Crippen molar-refractivity contribution < 1.29 is 4.79 Å². The Labute approximate surface area is 80.5 Å². The third kappa shape index (κ3) is 2.69. The minimum absolute atomic E-state index is 0.0636. The van der Waals surface area contributed by atoms with Gasteiger partial charge >= 0.3 is 0 Å². The van der Waals surface area contributed by atoms with Crippen molar-refractivity contribution in [3.05, 3.63) is 0 Å². The van der Waals surface area contributed by atoms with Crippen molar-refractivity contribution >= 4 is 5.91 Å². The molecule has 0 radical (unpaired) electrons. The summed E-state index contributed by atoms with van der Waals surface area (Å²) in [6.07, 6.45) is 0.954. The minimum atomic E-state index is 0.0636. The fraction of sp³-hybridized carbons (Fsp3) is 0.900. The monoisotopic (exact) mass is 184 g/mol. The maximum atomic E-state index is 11.8. The Kier molecular flexibility index (Phi) is 3.72. The van der Waals surface area contributed by atoms with E-state index in [1.54, 1.807) is 0 Å². The Balaban J connectivity index is 2.50. The number of hydrogen-bond donors (Lipinski definition) is 1. The van der Waals surface area contributed by atoms with Gasteiger partial charge in [-0.1, -0.05) is 13.8 Å². The highest BCUT2D eigenvalue weighted by Gasteiger charge is 2.27. The van der Waals surface area contributed by atoms with Crippen LogP contribution in [0.25, 0.3) is 0 Å². The summed E-state index contributed by atoms with van der Waals surface area (Å²) in [5.74, 6) is 0.862. The van der Waals surface area contributed by atoms with E-state index in [-0.39, 0.29) is 11.9 Å². The molecule has 1 rings (SSSR count). The van der Waals surface area contributed by atoms with Crippen LogP contribution in [0.5, 0.6) is 0 Å². The van der Waals surface area contributed by atoms with Gasteiger partial charge in [0.15, 0.2) is 0 Å². The Hall–Kier alpha value is -0.570. The van der Waals surface area contributed by atoms with Gasteiger partial charge in [0, 0.05) is 19.6 Å². The summed E-state index contributed by atoms with van der Waals surface area (Å²) >= 11 is 0. The summed E-state index contributed by atoms with van der Waals surface area (Å²) in [4.78, 5) is 13.7. The molecule has 1 amide bonds.